The quantitative estimate of drug-likeness (QED) is 0.756. The van der Waals surface area contributed by atoms with E-state index in [0.717, 1.165) is 26.1 Å². The van der Waals surface area contributed by atoms with E-state index < -0.39 is 0 Å². The summed E-state index contributed by atoms with van der Waals surface area (Å²) in [5.74, 6) is 0.363. The SMILES string of the molecule is c1ccc(C(c2ccccc2CCC2CO2)C2CO2)cc1. The Balaban J connectivity index is 1.65. The van der Waals surface area contributed by atoms with Gasteiger partial charge in [0.1, 0.15) is 0 Å². The lowest BCUT2D eigenvalue weighted by molar-refractivity contribution is 0.387. The van der Waals surface area contributed by atoms with Crippen LogP contribution in [0.2, 0.25) is 0 Å². The first-order chi connectivity index (χ1) is 10.4. The molecular weight excluding hydrogens is 260 g/mol. The van der Waals surface area contributed by atoms with Gasteiger partial charge in [0, 0.05) is 5.92 Å². The highest BCUT2D eigenvalue weighted by molar-refractivity contribution is 5.40. The fourth-order valence-electron chi connectivity index (χ4n) is 3.12. The average molecular weight is 280 g/mol. The van der Waals surface area contributed by atoms with Gasteiger partial charge in [-0.05, 0) is 29.5 Å². The van der Waals surface area contributed by atoms with Crippen LogP contribution in [-0.4, -0.2) is 25.4 Å². The highest BCUT2D eigenvalue weighted by Gasteiger charge is 2.36. The molecule has 108 valence electrons. The van der Waals surface area contributed by atoms with Crippen molar-refractivity contribution in [1.82, 2.24) is 0 Å². The number of epoxide rings is 2. The third-order valence-corrected chi connectivity index (χ3v) is 4.42. The smallest absolute Gasteiger partial charge is 0.0918 e. The number of ether oxygens (including phenoxy) is 2. The maximum absolute atomic E-state index is 5.65. The van der Waals surface area contributed by atoms with Gasteiger partial charge in [0.15, 0.2) is 0 Å². The molecule has 2 fully saturated rings. The molecule has 0 aromatic heterocycles. The van der Waals surface area contributed by atoms with E-state index in [1.807, 2.05) is 0 Å². The maximum atomic E-state index is 5.65. The number of rotatable bonds is 6. The molecule has 0 amide bonds. The second kappa shape index (κ2) is 5.63. The van der Waals surface area contributed by atoms with E-state index in [4.69, 9.17) is 9.47 Å². The first kappa shape index (κ1) is 13.1. The van der Waals surface area contributed by atoms with Crippen LogP contribution in [0, 0.1) is 0 Å². The summed E-state index contributed by atoms with van der Waals surface area (Å²) in [5, 5.41) is 0. The highest BCUT2D eigenvalue weighted by atomic mass is 16.6. The average Bonchev–Trinajstić information content (AvgIpc) is 3.42. The van der Waals surface area contributed by atoms with Gasteiger partial charge >= 0.3 is 0 Å². The minimum atomic E-state index is 0.339. The molecular formula is C19H20O2. The molecule has 0 bridgehead atoms. The van der Waals surface area contributed by atoms with E-state index in [0.29, 0.717) is 18.1 Å². The molecule has 2 heteroatoms. The molecule has 0 radical (unpaired) electrons. The Morgan fingerprint density at radius 2 is 1.62 bits per heavy atom. The summed E-state index contributed by atoms with van der Waals surface area (Å²) in [6, 6.07) is 19.5. The van der Waals surface area contributed by atoms with Gasteiger partial charge in [-0.15, -0.1) is 0 Å². The van der Waals surface area contributed by atoms with E-state index in [1.165, 1.54) is 16.7 Å². The van der Waals surface area contributed by atoms with Crippen LogP contribution in [0.15, 0.2) is 54.6 Å². The van der Waals surface area contributed by atoms with Gasteiger partial charge in [-0.3, -0.25) is 0 Å². The molecule has 2 aromatic rings. The Bertz CT molecular complexity index is 600. The van der Waals surface area contributed by atoms with Crippen molar-refractivity contribution in [3.63, 3.8) is 0 Å². The first-order valence-electron chi connectivity index (χ1n) is 7.78. The first-order valence-corrected chi connectivity index (χ1v) is 7.78. The zero-order chi connectivity index (χ0) is 14.1. The minimum Gasteiger partial charge on any atom is -0.373 e. The maximum Gasteiger partial charge on any atom is 0.0918 e. The summed E-state index contributed by atoms with van der Waals surface area (Å²) >= 11 is 0. The Labute approximate surface area is 125 Å². The molecule has 0 aliphatic carbocycles. The van der Waals surface area contributed by atoms with Crippen LogP contribution < -0.4 is 0 Å². The summed E-state index contributed by atoms with van der Waals surface area (Å²) in [7, 11) is 0. The summed E-state index contributed by atoms with van der Waals surface area (Å²) in [6.07, 6.45) is 3.05. The largest absolute Gasteiger partial charge is 0.373 e. The third kappa shape index (κ3) is 3.02. The second-order valence-corrected chi connectivity index (χ2v) is 5.95. The van der Waals surface area contributed by atoms with Gasteiger partial charge in [-0.2, -0.15) is 0 Å². The van der Waals surface area contributed by atoms with E-state index in [-0.39, 0.29) is 0 Å². The van der Waals surface area contributed by atoms with Gasteiger partial charge in [-0.1, -0.05) is 54.6 Å². The molecule has 0 spiro atoms. The summed E-state index contributed by atoms with van der Waals surface area (Å²) in [6.45, 7) is 1.82. The molecule has 3 unspecified atom stereocenters. The molecule has 0 saturated carbocycles. The highest BCUT2D eigenvalue weighted by Crippen LogP contribution is 2.38. The lowest BCUT2D eigenvalue weighted by Gasteiger charge is -2.19. The molecule has 21 heavy (non-hydrogen) atoms. The summed E-state index contributed by atoms with van der Waals surface area (Å²) in [4.78, 5) is 0. The van der Waals surface area contributed by atoms with Gasteiger partial charge in [0.05, 0.1) is 25.4 Å². The molecule has 0 N–H and O–H groups in total. The van der Waals surface area contributed by atoms with E-state index in [2.05, 4.69) is 54.6 Å². The second-order valence-electron chi connectivity index (χ2n) is 5.95. The Hall–Kier alpha value is -1.64. The molecule has 2 aliphatic rings. The van der Waals surface area contributed by atoms with Crippen molar-refractivity contribution in [1.29, 1.82) is 0 Å². The minimum absolute atomic E-state index is 0.339. The molecule has 2 saturated heterocycles. The summed E-state index contributed by atoms with van der Waals surface area (Å²) < 4.78 is 11.0. The molecule has 2 aliphatic heterocycles. The number of benzene rings is 2. The molecule has 2 heterocycles. The van der Waals surface area contributed by atoms with Crippen molar-refractivity contribution in [3.05, 3.63) is 71.3 Å². The number of hydrogen-bond donors (Lipinski definition) is 0. The topological polar surface area (TPSA) is 25.1 Å². The van der Waals surface area contributed by atoms with Crippen molar-refractivity contribution in [2.75, 3.05) is 13.2 Å². The third-order valence-electron chi connectivity index (χ3n) is 4.42. The van der Waals surface area contributed by atoms with Crippen LogP contribution >= 0.6 is 0 Å². The van der Waals surface area contributed by atoms with Crippen LogP contribution in [0.3, 0.4) is 0 Å². The molecule has 2 aromatic carbocycles. The van der Waals surface area contributed by atoms with Crippen LogP contribution in [0.5, 0.6) is 0 Å². The van der Waals surface area contributed by atoms with Gasteiger partial charge in [0.25, 0.3) is 0 Å². The zero-order valence-corrected chi connectivity index (χ0v) is 12.1. The Morgan fingerprint density at radius 3 is 2.33 bits per heavy atom. The number of hydrogen-bond acceptors (Lipinski definition) is 2. The normalized spacial score (nSPS) is 24.6. The summed E-state index contributed by atoms with van der Waals surface area (Å²) in [5.41, 5.74) is 4.22. The fourth-order valence-corrected chi connectivity index (χ4v) is 3.12. The van der Waals surface area contributed by atoms with Crippen molar-refractivity contribution in [2.45, 2.75) is 31.0 Å². The molecule has 2 nitrogen and oxygen atoms in total. The van der Waals surface area contributed by atoms with Crippen LogP contribution in [0.1, 0.15) is 29.0 Å². The lowest BCUT2D eigenvalue weighted by atomic mass is 9.84. The van der Waals surface area contributed by atoms with Crippen molar-refractivity contribution in [3.8, 4) is 0 Å². The standard InChI is InChI=1S/C19H20O2/c1-2-7-15(8-3-1)19(18-13-21-18)17-9-5-4-6-14(17)10-11-16-12-20-16/h1-9,16,18-19H,10-13H2. The molecule has 4 rings (SSSR count). The van der Waals surface area contributed by atoms with Crippen LogP contribution in [0.25, 0.3) is 0 Å². The van der Waals surface area contributed by atoms with Crippen LogP contribution in [0.4, 0.5) is 0 Å². The van der Waals surface area contributed by atoms with Crippen molar-refractivity contribution >= 4 is 0 Å². The van der Waals surface area contributed by atoms with E-state index in [9.17, 15) is 0 Å². The lowest BCUT2D eigenvalue weighted by Crippen LogP contribution is -2.11. The number of aryl methyl sites for hydroxylation is 1. The van der Waals surface area contributed by atoms with Crippen molar-refractivity contribution in [2.24, 2.45) is 0 Å². The van der Waals surface area contributed by atoms with Crippen LogP contribution in [-0.2, 0) is 15.9 Å². The van der Waals surface area contributed by atoms with E-state index >= 15 is 0 Å². The van der Waals surface area contributed by atoms with Crippen molar-refractivity contribution < 1.29 is 9.47 Å². The van der Waals surface area contributed by atoms with E-state index in [1.54, 1.807) is 0 Å². The van der Waals surface area contributed by atoms with Gasteiger partial charge in [-0.25, -0.2) is 0 Å². The Morgan fingerprint density at radius 1 is 0.905 bits per heavy atom. The monoisotopic (exact) mass is 280 g/mol. The predicted octanol–water partition coefficient (Wildman–Crippen LogP) is 3.55. The van der Waals surface area contributed by atoms with Gasteiger partial charge < -0.3 is 9.47 Å². The Kier molecular flexibility index (Phi) is 3.50. The van der Waals surface area contributed by atoms with Gasteiger partial charge in [0.2, 0.25) is 0 Å². The molecule has 3 atom stereocenters. The fraction of sp³-hybridized carbons (Fsp3) is 0.368. The zero-order valence-electron chi connectivity index (χ0n) is 12.1. The predicted molar refractivity (Wildman–Crippen MR) is 82.5 cm³/mol.